The third-order valence-corrected chi connectivity index (χ3v) is 3.54. The van der Waals surface area contributed by atoms with Crippen LogP contribution in [0.25, 0.3) is 0 Å². The first kappa shape index (κ1) is 14.7. The van der Waals surface area contributed by atoms with Gasteiger partial charge in [-0.15, -0.1) is 10.2 Å². The molecule has 2 aromatic rings. The molecule has 2 rings (SSSR count). The lowest BCUT2D eigenvalue weighted by Crippen LogP contribution is -2.36. The van der Waals surface area contributed by atoms with Crippen molar-refractivity contribution in [1.82, 2.24) is 25.5 Å². The van der Waals surface area contributed by atoms with Gasteiger partial charge in [0.25, 0.3) is 0 Å². The summed E-state index contributed by atoms with van der Waals surface area (Å²) in [5.74, 6) is 1.20. The zero-order valence-corrected chi connectivity index (χ0v) is 12.5. The van der Waals surface area contributed by atoms with Crippen LogP contribution in [0.4, 0.5) is 0 Å². The number of tetrazole rings is 1. The monoisotopic (exact) mass is 273 g/mol. The van der Waals surface area contributed by atoms with Crippen molar-refractivity contribution in [1.29, 1.82) is 0 Å². The van der Waals surface area contributed by atoms with Crippen molar-refractivity contribution >= 4 is 0 Å². The maximum absolute atomic E-state index is 4.29. The molecule has 0 saturated heterocycles. The summed E-state index contributed by atoms with van der Waals surface area (Å²) in [6.45, 7) is 5.43. The molecule has 0 fully saturated rings. The van der Waals surface area contributed by atoms with Gasteiger partial charge in [0, 0.05) is 12.5 Å². The molecule has 20 heavy (non-hydrogen) atoms. The van der Waals surface area contributed by atoms with Gasteiger partial charge in [-0.3, -0.25) is 0 Å². The molecule has 1 aromatic carbocycles. The van der Waals surface area contributed by atoms with E-state index < -0.39 is 0 Å². The van der Waals surface area contributed by atoms with Gasteiger partial charge in [-0.2, -0.15) is 4.80 Å². The van der Waals surface area contributed by atoms with Crippen LogP contribution < -0.4 is 5.32 Å². The average molecular weight is 273 g/mol. The van der Waals surface area contributed by atoms with Gasteiger partial charge in [0.1, 0.15) is 0 Å². The molecule has 0 saturated carbocycles. The van der Waals surface area contributed by atoms with E-state index in [2.05, 4.69) is 64.9 Å². The molecule has 1 N–H and O–H groups in total. The molecule has 5 nitrogen and oxygen atoms in total. The molecule has 1 aromatic heterocycles. The van der Waals surface area contributed by atoms with Crippen molar-refractivity contribution in [3.8, 4) is 0 Å². The van der Waals surface area contributed by atoms with Crippen LogP contribution in [0.1, 0.15) is 37.6 Å². The highest BCUT2D eigenvalue weighted by atomic mass is 15.6. The second-order valence-corrected chi connectivity index (χ2v) is 5.16. The molecule has 0 radical (unpaired) electrons. The Kier molecular flexibility index (Phi) is 5.24. The summed E-state index contributed by atoms with van der Waals surface area (Å²) in [6.07, 6.45) is 1.91. The summed E-state index contributed by atoms with van der Waals surface area (Å²) in [5.41, 5.74) is 1.34. The predicted octanol–water partition coefficient (Wildman–Crippen LogP) is 1.92. The Morgan fingerprint density at radius 2 is 2.00 bits per heavy atom. The van der Waals surface area contributed by atoms with E-state index in [1.54, 1.807) is 7.05 Å². The van der Waals surface area contributed by atoms with Crippen molar-refractivity contribution in [2.75, 3.05) is 6.54 Å². The van der Waals surface area contributed by atoms with Crippen LogP contribution in [0.2, 0.25) is 0 Å². The van der Waals surface area contributed by atoms with Crippen molar-refractivity contribution < 1.29 is 0 Å². The number of benzene rings is 1. The maximum Gasteiger partial charge on any atom is 0.176 e. The van der Waals surface area contributed by atoms with Crippen LogP contribution in [0.5, 0.6) is 0 Å². The Morgan fingerprint density at radius 1 is 1.25 bits per heavy atom. The fourth-order valence-corrected chi connectivity index (χ4v) is 2.35. The topological polar surface area (TPSA) is 55.6 Å². The highest BCUT2D eigenvalue weighted by Crippen LogP contribution is 2.20. The number of aromatic nitrogens is 4. The SMILES string of the molecule is CCCNC(Cc1nnn(C)n1)C(C)c1ccccc1. The summed E-state index contributed by atoms with van der Waals surface area (Å²) in [7, 11) is 1.80. The average Bonchev–Trinajstić information content (AvgIpc) is 2.89. The first-order valence-electron chi connectivity index (χ1n) is 7.22. The lowest BCUT2D eigenvalue weighted by molar-refractivity contribution is 0.439. The Labute approximate surface area is 120 Å². The van der Waals surface area contributed by atoms with E-state index in [9.17, 15) is 0 Å². The van der Waals surface area contributed by atoms with E-state index in [1.165, 1.54) is 10.4 Å². The lowest BCUT2D eigenvalue weighted by atomic mass is 9.91. The minimum absolute atomic E-state index is 0.321. The third kappa shape index (κ3) is 3.87. The maximum atomic E-state index is 4.29. The molecule has 0 bridgehead atoms. The third-order valence-electron chi connectivity index (χ3n) is 3.54. The fourth-order valence-electron chi connectivity index (χ4n) is 2.35. The Hall–Kier alpha value is -1.75. The molecule has 108 valence electrons. The van der Waals surface area contributed by atoms with Crippen molar-refractivity contribution in [2.24, 2.45) is 7.05 Å². The van der Waals surface area contributed by atoms with Gasteiger partial charge in [0.15, 0.2) is 5.82 Å². The van der Waals surface area contributed by atoms with Crippen molar-refractivity contribution in [2.45, 2.75) is 38.6 Å². The standard InChI is InChI=1S/C15H23N5/c1-4-10-16-14(11-15-17-19-20(3)18-15)12(2)13-8-6-5-7-9-13/h5-9,12,14,16H,4,10-11H2,1-3H3. The number of hydrogen-bond donors (Lipinski definition) is 1. The molecule has 2 atom stereocenters. The second-order valence-electron chi connectivity index (χ2n) is 5.16. The number of aryl methyl sites for hydroxylation is 1. The first-order valence-corrected chi connectivity index (χ1v) is 7.22. The Morgan fingerprint density at radius 3 is 2.60 bits per heavy atom. The van der Waals surface area contributed by atoms with Gasteiger partial charge in [0.2, 0.25) is 0 Å². The molecule has 0 aliphatic rings. The summed E-state index contributed by atoms with van der Waals surface area (Å²) in [4.78, 5) is 1.51. The van der Waals surface area contributed by atoms with E-state index in [4.69, 9.17) is 0 Å². The summed E-state index contributed by atoms with van der Waals surface area (Å²) in [5, 5.41) is 15.9. The highest BCUT2D eigenvalue weighted by Gasteiger charge is 2.20. The van der Waals surface area contributed by atoms with E-state index in [0.29, 0.717) is 12.0 Å². The number of nitrogens with one attached hydrogen (secondary N) is 1. The Bertz CT molecular complexity index is 508. The summed E-state index contributed by atoms with van der Waals surface area (Å²) < 4.78 is 0. The van der Waals surface area contributed by atoms with Crippen LogP contribution in [0.15, 0.2) is 30.3 Å². The van der Waals surface area contributed by atoms with Gasteiger partial charge in [0.05, 0.1) is 7.05 Å². The molecule has 0 spiro atoms. The smallest absolute Gasteiger partial charge is 0.176 e. The molecule has 0 amide bonds. The fraction of sp³-hybridized carbons (Fsp3) is 0.533. The molecular weight excluding hydrogens is 250 g/mol. The van der Waals surface area contributed by atoms with Crippen LogP contribution >= 0.6 is 0 Å². The Balaban J connectivity index is 2.10. The summed E-state index contributed by atoms with van der Waals surface area (Å²) in [6, 6.07) is 10.9. The van der Waals surface area contributed by atoms with Crippen LogP contribution in [0, 0.1) is 0 Å². The minimum atomic E-state index is 0.321. The van der Waals surface area contributed by atoms with Gasteiger partial charge < -0.3 is 5.32 Å². The summed E-state index contributed by atoms with van der Waals surface area (Å²) >= 11 is 0. The van der Waals surface area contributed by atoms with E-state index in [0.717, 1.165) is 25.2 Å². The molecule has 0 aliphatic carbocycles. The highest BCUT2D eigenvalue weighted by molar-refractivity contribution is 5.21. The van der Waals surface area contributed by atoms with E-state index >= 15 is 0 Å². The lowest BCUT2D eigenvalue weighted by Gasteiger charge is -2.24. The van der Waals surface area contributed by atoms with Crippen LogP contribution in [0.3, 0.4) is 0 Å². The van der Waals surface area contributed by atoms with Crippen molar-refractivity contribution in [3.63, 3.8) is 0 Å². The largest absolute Gasteiger partial charge is 0.313 e. The quantitative estimate of drug-likeness (QED) is 0.837. The van der Waals surface area contributed by atoms with Crippen LogP contribution in [-0.2, 0) is 13.5 Å². The second kappa shape index (κ2) is 7.14. The number of hydrogen-bond acceptors (Lipinski definition) is 4. The molecular formula is C15H23N5. The van der Waals surface area contributed by atoms with Gasteiger partial charge in [-0.05, 0) is 29.7 Å². The zero-order valence-electron chi connectivity index (χ0n) is 12.5. The zero-order chi connectivity index (χ0) is 14.4. The van der Waals surface area contributed by atoms with Gasteiger partial charge >= 0.3 is 0 Å². The van der Waals surface area contributed by atoms with Crippen LogP contribution in [-0.4, -0.2) is 32.8 Å². The molecule has 1 heterocycles. The molecule has 2 unspecified atom stereocenters. The van der Waals surface area contributed by atoms with Gasteiger partial charge in [-0.1, -0.05) is 44.2 Å². The first-order chi connectivity index (χ1) is 9.70. The van der Waals surface area contributed by atoms with E-state index in [-0.39, 0.29) is 0 Å². The molecule has 5 heteroatoms. The minimum Gasteiger partial charge on any atom is -0.313 e. The number of rotatable bonds is 7. The normalized spacial score (nSPS) is 14.2. The van der Waals surface area contributed by atoms with E-state index in [1.807, 2.05) is 0 Å². The number of nitrogens with zero attached hydrogens (tertiary/aromatic N) is 4. The van der Waals surface area contributed by atoms with Crippen molar-refractivity contribution in [3.05, 3.63) is 41.7 Å². The van der Waals surface area contributed by atoms with Gasteiger partial charge in [-0.25, -0.2) is 0 Å². The predicted molar refractivity (Wildman–Crippen MR) is 79.4 cm³/mol. The molecule has 0 aliphatic heterocycles.